The van der Waals surface area contributed by atoms with Gasteiger partial charge in [0.15, 0.2) is 5.82 Å². The van der Waals surface area contributed by atoms with Gasteiger partial charge in [-0.2, -0.15) is 5.10 Å². The molecule has 2 aromatic carbocycles. The van der Waals surface area contributed by atoms with Gasteiger partial charge in [-0.15, -0.1) is 0 Å². The maximum atomic E-state index is 12.4. The second kappa shape index (κ2) is 6.56. The first kappa shape index (κ1) is 16.6. The number of nitrogens with one attached hydrogen (secondary N) is 2. The molecule has 1 atom stereocenters. The monoisotopic (exact) mass is 373 g/mol. The maximum Gasteiger partial charge on any atom is 0.337 e. The van der Waals surface area contributed by atoms with E-state index in [0.717, 1.165) is 39.6 Å². The number of aryl methyl sites for hydroxylation is 1. The number of hydrogen-bond donors (Lipinski definition) is 2. The Morgan fingerprint density at radius 1 is 1.18 bits per heavy atom. The van der Waals surface area contributed by atoms with Gasteiger partial charge >= 0.3 is 5.97 Å². The number of aromatic amines is 1. The lowest BCUT2D eigenvalue weighted by Crippen LogP contribution is -2.19. The third-order valence-corrected chi connectivity index (χ3v) is 5.17. The number of carbonyl (C=O) groups is 1. The fourth-order valence-corrected chi connectivity index (χ4v) is 3.84. The fraction of sp³-hybridized carbons (Fsp3) is 0.182. The summed E-state index contributed by atoms with van der Waals surface area (Å²) in [4.78, 5) is 12.4. The molecule has 3 heterocycles. The van der Waals surface area contributed by atoms with Crippen LogP contribution in [0.15, 0.2) is 65.9 Å². The Bertz CT molecular complexity index is 1090. The van der Waals surface area contributed by atoms with E-state index in [2.05, 4.69) is 15.5 Å². The molecule has 3 aromatic rings. The molecule has 0 aliphatic carbocycles. The van der Waals surface area contributed by atoms with Gasteiger partial charge in [-0.3, -0.25) is 5.10 Å². The molecule has 0 amide bonds. The molecule has 0 unspecified atom stereocenters. The number of hydrogen-bond acceptors (Lipinski definition) is 5. The minimum absolute atomic E-state index is 0.236. The molecule has 6 nitrogen and oxygen atoms in total. The van der Waals surface area contributed by atoms with Crippen molar-refractivity contribution >= 4 is 11.8 Å². The molecule has 6 heteroatoms. The minimum atomic E-state index is -0.283. The van der Waals surface area contributed by atoms with E-state index in [9.17, 15) is 4.79 Å². The molecule has 2 N–H and O–H groups in total. The van der Waals surface area contributed by atoms with Crippen LogP contribution in [0.1, 0.15) is 28.3 Å². The number of carbonyl (C=O) groups excluding carboxylic acids is 1. The predicted molar refractivity (Wildman–Crippen MR) is 104 cm³/mol. The normalized spacial score (nSPS) is 17.6. The molecular formula is C22H19N3O3. The van der Waals surface area contributed by atoms with Crippen molar-refractivity contribution in [3.63, 3.8) is 0 Å². The van der Waals surface area contributed by atoms with Crippen molar-refractivity contribution in [3.05, 3.63) is 88.3 Å². The molecule has 0 bridgehead atoms. The largest absolute Gasteiger partial charge is 0.489 e. The summed E-state index contributed by atoms with van der Waals surface area (Å²) < 4.78 is 11.3. The highest BCUT2D eigenvalue weighted by molar-refractivity contribution is 5.97. The summed E-state index contributed by atoms with van der Waals surface area (Å²) in [5.74, 6) is 0.987. The molecular weight excluding hydrogens is 354 g/mol. The maximum absolute atomic E-state index is 12.4. The second-order valence-corrected chi connectivity index (χ2v) is 6.98. The van der Waals surface area contributed by atoms with Crippen LogP contribution in [0.3, 0.4) is 0 Å². The predicted octanol–water partition coefficient (Wildman–Crippen LogP) is 3.67. The number of rotatable bonds is 4. The quantitative estimate of drug-likeness (QED) is 0.683. The summed E-state index contributed by atoms with van der Waals surface area (Å²) in [5.41, 5.74) is 5.41. The van der Waals surface area contributed by atoms with Gasteiger partial charge in [0.2, 0.25) is 0 Å². The third-order valence-electron chi connectivity index (χ3n) is 5.17. The van der Waals surface area contributed by atoms with E-state index in [1.54, 1.807) is 0 Å². The van der Waals surface area contributed by atoms with Crippen molar-refractivity contribution in [2.45, 2.75) is 19.4 Å². The Kier molecular flexibility index (Phi) is 3.90. The molecule has 0 radical (unpaired) electrons. The molecule has 0 fully saturated rings. The highest BCUT2D eigenvalue weighted by Gasteiger charge is 2.40. The molecule has 28 heavy (non-hydrogen) atoms. The van der Waals surface area contributed by atoms with E-state index in [1.807, 2.05) is 61.5 Å². The Hall–Kier alpha value is -3.54. The van der Waals surface area contributed by atoms with Crippen LogP contribution >= 0.6 is 0 Å². The number of benzene rings is 2. The van der Waals surface area contributed by atoms with E-state index >= 15 is 0 Å². The molecule has 2 aliphatic heterocycles. The zero-order chi connectivity index (χ0) is 19.1. The summed E-state index contributed by atoms with van der Waals surface area (Å²) in [5, 5.41) is 10.6. The van der Waals surface area contributed by atoms with Crippen molar-refractivity contribution in [1.29, 1.82) is 0 Å². The summed E-state index contributed by atoms with van der Waals surface area (Å²) in [6.07, 6.45) is 0. The lowest BCUT2D eigenvalue weighted by Gasteiger charge is -2.24. The number of ether oxygens (including phenoxy) is 2. The molecule has 0 spiro atoms. The number of aromatic nitrogens is 2. The lowest BCUT2D eigenvalue weighted by molar-refractivity contribution is -0.136. The average molecular weight is 373 g/mol. The van der Waals surface area contributed by atoms with E-state index in [-0.39, 0.29) is 18.5 Å². The topological polar surface area (TPSA) is 76.2 Å². The number of fused-ring (bicyclic) bond motifs is 1. The smallest absolute Gasteiger partial charge is 0.337 e. The summed E-state index contributed by atoms with van der Waals surface area (Å²) >= 11 is 0. The Balaban J connectivity index is 1.51. The fourth-order valence-electron chi connectivity index (χ4n) is 3.84. The standard InChI is InChI=1S/C22H19N3O3/c1-13-18-19(20-17(12-28-22(20)26)23-21(18)25-24-13)15-8-5-9-16(10-15)27-11-14-6-3-2-4-7-14/h2-10,19H,11-12H2,1H3,(H2,23,24,25)/t19-/m1/s1. The van der Waals surface area contributed by atoms with Crippen molar-refractivity contribution in [2.75, 3.05) is 11.9 Å². The van der Waals surface area contributed by atoms with Gasteiger partial charge in [0, 0.05) is 17.2 Å². The van der Waals surface area contributed by atoms with Crippen molar-refractivity contribution in [1.82, 2.24) is 10.2 Å². The van der Waals surface area contributed by atoms with E-state index in [0.29, 0.717) is 12.2 Å². The summed E-state index contributed by atoms with van der Waals surface area (Å²) in [6, 6.07) is 17.9. The Morgan fingerprint density at radius 3 is 2.89 bits per heavy atom. The molecule has 2 aliphatic rings. The SMILES string of the molecule is Cc1[nH]nc2c1[C@@H](c1cccc(OCc3ccccc3)c1)C1=C(COC1=O)N2. The van der Waals surface area contributed by atoms with Crippen LogP contribution in [0.2, 0.25) is 0 Å². The van der Waals surface area contributed by atoms with Gasteiger partial charge in [-0.25, -0.2) is 4.79 Å². The second-order valence-electron chi connectivity index (χ2n) is 6.98. The van der Waals surface area contributed by atoms with Crippen LogP contribution in [0.25, 0.3) is 0 Å². The van der Waals surface area contributed by atoms with Crippen LogP contribution in [0, 0.1) is 6.92 Å². The van der Waals surface area contributed by atoms with Crippen LogP contribution in [0.5, 0.6) is 5.75 Å². The van der Waals surface area contributed by atoms with Crippen LogP contribution in [-0.4, -0.2) is 22.8 Å². The first-order valence-electron chi connectivity index (χ1n) is 9.19. The number of cyclic esters (lactones) is 1. The van der Waals surface area contributed by atoms with Gasteiger partial charge < -0.3 is 14.8 Å². The average Bonchev–Trinajstić information content (AvgIpc) is 3.29. The third kappa shape index (κ3) is 2.74. The Labute approximate surface area is 162 Å². The van der Waals surface area contributed by atoms with Crippen molar-refractivity contribution in [2.24, 2.45) is 0 Å². The number of nitrogens with zero attached hydrogens (tertiary/aromatic N) is 1. The first-order chi connectivity index (χ1) is 13.7. The number of anilines is 1. The molecule has 0 saturated heterocycles. The van der Waals surface area contributed by atoms with Crippen molar-refractivity contribution in [3.8, 4) is 5.75 Å². The van der Waals surface area contributed by atoms with Gasteiger partial charge in [0.05, 0.1) is 11.3 Å². The first-order valence-corrected chi connectivity index (χ1v) is 9.19. The van der Waals surface area contributed by atoms with Gasteiger partial charge in [0.1, 0.15) is 19.0 Å². The zero-order valence-corrected chi connectivity index (χ0v) is 15.4. The lowest BCUT2D eigenvalue weighted by atomic mass is 9.82. The molecule has 0 saturated carbocycles. The molecule has 5 rings (SSSR count). The number of H-pyrrole nitrogens is 1. The van der Waals surface area contributed by atoms with Gasteiger partial charge in [0.25, 0.3) is 0 Å². The highest BCUT2D eigenvalue weighted by atomic mass is 16.5. The van der Waals surface area contributed by atoms with E-state index < -0.39 is 0 Å². The molecule has 1 aromatic heterocycles. The van der Waals surface area contributed by atoms with Crippen LogP contribution in [-0.2, 0) is 16.1 Å². The molecule has 140 valence electrons. The van der Waals surface area contributed by atoms with Crippen LogP contribution < -0.4 is 10.1 Å². The summed E-state index contributed by atoms with van der Waals surface area (Å²) in [7, 11) is 0. The zero-order valence-electron chi connectivity index (χ0n) is 15.4. The highest BCUT2D eigenvalue weighted by Crippen LogP contribution is 2.45. The van der Waals surface area contributed by atoms with Crippen molar-refractivity contribution < 1.29 is 14.3 Å². The minimum Gasteiger partial charge on any atom is -0.489 e. The van der Waals surface area contributed by atoms with E-state index in [1.165, 1.54) is 0 Å². The van der Waals surface area contributed by atoms with Gasteiger partial charge in [-0.05, 0) is 30.2 Å². The summed E-state index contributed by atoms with van der Waals surface area (Å²) in [6.45, 7) is 2.70. The Morgan fingerprint density at radius 2 is 2.04 bits per heavy atom. The van der Waals surface area contributed by atoms with Gasteiger partial charge in [-0.1, -0.05) is 42.5 Å². The number of esters is 1. The van der Waals surface area contributed by atoms with E-state index in [4.69, 9.17) is 9.47 Å². The van der Waals surface area contributed by atoms with Crippen LogP contribution in [0.4, 0.5) is 5.82 Å².